The fourth-order valence-corrected chi connectivity index (χ4v) is 2.94. The van der Waals surface area contributed by atoms with Crippen molar-refractivity contribution < 1.29 is 23.8 Å². The Labute approximate surface area is 182 Å². The highest BCUT2D eigenvalue weighted by atomic mass is 35.5. The summed E-state index contributed by atoms with van der Waals surface area (Å²) in [4.78, 5) is 24.0. The fraction of sp³-hybridized carbons (Fsp3) is 0.391. The minimum atomic E-state index is -0.588. The third-order valence-corrected chi connectivity index (χ3v) is 4.37. The third-order valence-electron chi connectivity index (χ3n) is 4.04. The van der Waals surface area contributed by atoms with Gasteiger partial charge in [0.05, 0.1) is 19.3 Å². The number of amides is 1. The normalized spacial score (nSPS) is 11.0. The molecule has 0 fully saturated rings. The maximum absolute atomic E-state index is 12.1. The van der Waals surface area contributed by atoms with Crippen molar-refractivity contribution in [2.24, 2.45) is 0 Å². The van der Waals surface area contributed by atoms with Crippen LogP contribution >= 0.6 is 11.6 Å². The van der Waals surface area contributed by atoms with E-state index in [-0.39, 0.29) is 6.54 Å². The number of ether oxygens (including phenoxy) is 3. The van der Waals surface area contributed by atoms with E-state index in [1.165, 1.54) is 7.11 Å². The van der Waals surface area contributed by atoms with Crippen LogP contribution in [-0.2, 0) is 16.0 Å². The minimum Gasteiger partial charge on any atom is -0.493 e. The molecule has 0 saturated heterocycles. The highest BCUT2D eigenvalue weighted by molar-refractivity contribution is 6.33. The largest absolute Gasteiger partial charge is 0.493 e. The average Bonchev–Trinajstić information content (AvgIpc) is 2.69. The van der Waals surface area contributed by atoms with Crippen molar-refractivity contribution in [3.63, 3.8) is 0 Å². The molecule has 0 aliphatic heterocycles. The number of halogens is 1. The van der Waals surface area contributed by atoms with E-state index in [9.17, 15) is 9.59 Å². The summed E-state index contributed by atoms with van der Waals surface area (Å²) in [6, 6.07) is 10.5. The first kappa shape index (κ1) is 23.5. The molecule has 1 N–H and O–H groups in total. The molecule has 2 aromatic rings. The zero-order chi connectivity index (χ0) is 22.3. The van der Waals surface area contributed by atoms with Crippen LogP contribution in [-0.4, -0.2) is 31.4 Å². The van der Waals surface area contributed by atoms with E-state index in [1.54, 1.807) is 39.0 Å². The van der Waals surface area contributed by atoms with Gasteiger partial charge in [-0.2, -0.15) is 0 Å². The Morgan fingerprint density at radius 1 is 1.10 bits per heavy atom. The lowest BCUT2D eigenvalue weighted by Crippen LogP contribution is -2.32. The Morgan fingerprint density at radius 3 is 2.47 bits per heavy atom. The summed E-state index contributed by atoms with van der Waals surface area (Å²) < 4.78 is 15.9. The average molecular weight is 434 g/mol. The second-order valence-electron chi connectivity index (χ2n) is 7.71. The summed E-state index contributed by atoms with van der Waals surface area (Å²) in [7, 11) is 1.33. The Hall–Kier alpha value is -2.73. The molecule has 0 heterocycles. The molecular formula is C23H28ClNO5. The summed E-state index contributed by atoms with van der Waals surface area (Å²) >= 11 is 6.38. The summed E-state index contributed by atoms with van der Waals surface area (Å²) in [6.45, 7) is 8.20. The first-order valence-corrected chi connectivity index (χ1v) is 10.1. The van der Waals surface area contributed by atoms with Gasteiger partial charge in [-0.1, -0.05) is 24.6 Å². The van der Waals surface area contributed by atoms with Gasteiger partial charge in [0.1, 0.15) is 11.4 Å². The molecule has 0 aromatic heterocycles. The molecule has 0 unspecified atom stereocenters. The molecule has 0 saturated carbocycles. The number of hydrogen-bond acceptors (Lipinski definition) is 5. The van der Waals surface area contributed by atoms with Gasteiger partial charge in [-0.15, -0.1) is 0 Å². The number of carbonyl (C=O) groups is 2. The van der Waals surface area contributed by atoms with Crippen molar-refractivity contribution in [2.45, 2.75) is 46.3 Å². The lowest BCUT2D eigenvalue weighted by atomic mass is 10.00. The molecule has 0 spiro atoms. The maximum atomic E-state index is 12.1. The van der Waals surface area contributed by atoms with E-state index in [1.807, 2.05) is 25.1 Å². The monoisotopic (exact) mass is 433 g/mol. The Morgan fingerprint density at radius 2 is 1.83 bits per heavy atom. The van der Waals surface area contributed by atoms with Crippen LogP contribution in [0, 0.1) is 0 Å². The highest BCUT2D eigenvalue weighted by Crippen LogP contribution is 2.32. The third kappa shape index (κ3) is 6.66. The Kier molecular flexibility index (Phi) is 8.12. The van der Waals surface area contributed by atoms with Crippen molar-refractivity contribution in [2.75, 3.05) is 13.7 Å². The number of rotatable bonds is 7. The van der Waals surface area contributed by atoms with Gasteiger partial charge in [0.25, 0.3) is 0 Å². The van der Waals surface area contributed by atoms with E-state index in [0.717, 1.165) is 17.5 Å². The van der Waals surface area contributed by atoms with Crippen LogP contribution in [0.1, 0.15) is 50.0 Å². The smallest absolute Gasteiger partial charge is 0.407 e. The highest BCUT2D eigenvalue weighted by Gasteiger charge is 2.17. The van der Waals surface area contributed by atoms with Gasteiger partial charge in [-0.3, -0.25) is 0 Å². The van der Waals surface area contributed by atoms with Gasteiger partial charge in [-0.25, -0.2) is 9.59 Å². The van der Waals surface area contributed by atoms with Gasteiger partial charge < -0.3 is 19.5 Å². The number of nitrogens with one attached hydrogen (secondary N) is 1. The second kappa shape index (κ2) is 10.3. The standard InChI is InChI=1S/C23H28ClNO5/c1-6-11-29-20-10-8-15(12-17(20)14-25-22(27)30-23(2,3)4)18-13-16(21(26)28-5)7-9-19(18)24/h7-10,12-13H,6,11,14H2,1-5H3,(H,25,27). The quantitative estimate of drug-likeness (QED) is 0.574. The van der Waals surface area contributed by atoms with E-state index in [4.69, 9.17) is 25.8 Å². The molecule has 0 aliphatic carbocycles. The number of benzene rings is 2. The van der Waals surface area contributed by atoms with Gasteiger partial charge >= 0.3 is 12.1 Å². The van der Waals surface area contributed by atoms with Crippen LogP contribution in [0.25, 0.3) is 11.1 Å². The SMILES string of the molecule is CCCOc1ccc(-c2cc(C(=O)OC)ccc2Cl)cc1CNC(=O)OC(C)(C)C. The molecule has 2 aromatic carbocycles. The van der Waals surface area contributed by atoms with Crippen LogP contribution < -0.4 is 10.1 Å². The molecule has 2 rings (SSSR count). The molecule has 0 atom stereocenters. The lowest BCUT2D eigenvalue weighted by molar-refractivity contribution is 0.0522. The summed E-state index contributed by atoms with van der Waals surface area (Å²) in [6.07, 6.45) is 0.341. The molecule has 0 radical (unpaired) electrons. The van der Waals surface area contributed by atoms with E-state index in [0.29, 0.717) is 28.5 Å². The lowest BCUT2D eigenvalue weighted by Gasteiger charge is -2.20. The Bertz CT molecular complexity index is 905. The van der Waals surface area contributed by atoms with Gasteiger partial charge in [0.2, 0.25) is 0 Å². The minimum absolute atomic E-state index is 0.218. The molecular weight excluding hydrogens is 406 g/mol. The van der Waals surface area contributed by atoms with Crippen LogP contribution in [0.2, 0.25) is 5.02 Å². The van der Waals surface area contributed by atoms with Gasteiger partial charge in [0.15, 0.2) is 0 Å². The molecule has 1 amide bonds. The molecule has 7 heteroatoms. The number of esters is 1. The van der Waals surface area contributed by atoms with Crippen LogP contribution in [0.3, 0.4) is 0 Å². The summed E-state index contributed by atoms with van der Waals surface area (Å²) in [5.74, 6) is 0.222. The van der Waals surface area contributed by atoms with Crippen LogP contribution in [0.15, 0.2) is 36.4 Å². The Balaban J connectivity index is 2.35. The molecule has 0 aliphatic rings. The second-order valence-corrected chi connectivity index (χ2v) is 8.12. The first-order valence-electron chi connectivity index (χ1n) is 9.75. The first-order chi connectivity index (χ1) is 14.1. The zero-order valence-electron chi connectivity index (χ0n) is 18.0. The molecule has 162 valence electrons. The predicted molar refractivity (Wildman–Crippen MR) is 117 cm³/mol. The molecule has 0 bridgehead atoms. The van der Waals surface area contributed by atoms with Crippen molar-refractivity contribution in [1.82, 2.24) is 5.32 Å². The van der Waals surface area contributed by atoms with Crippen molar-refractivity contribution in [3.05, 3.63) is 52.5 Å². The zero-order valence-corrected chi connectivity index (χ0v) is 18.8. The molecule has 6 nitrogen and oxygen atoms in total. The number of alkyl carbamates (subject to hydrolysis) is 1. The summed E-state index contributed by atoms with van der Waals surface area (Å²) in [5, 5.41) is 3.25. The predicted octanol–water partition coefficient (Wildman–Crippen LogP) is 5.61. The van der Waals surface area contributed by atoms with E-state index in [2.05, 4.69) is 5.32 Å². The topological polar surface area (TPSA) is 73.9 Å². The van der Waals surface area contributed by atoms with Gasteiger partial charge in [-0.05, 0) is 63.1 Å². The van der Waals surface area contributed by atoms with Crippen LogP contribution in [0.4, 0.5) is 4.79 Å². The molecule has 30 heavy (non-hydrogen) atoms. The number of carbonyl (C=O) groups excluding carboxylic acids is 2. The number of hydrogen-bond donors (Lipinski definition) is 1. The van der Waals surface area contributed by atoms with E-state index >= 15 is 0 Å². The number of methoxy groups -OCH3 is 1. The van der Waals surface area contributed by atoms with Crippen LogP contribution in [0.5, 0.6) is 5.75 Å². The van der Waals surface area contributed by atoms with Gasteiger partial charge in [0, 0.05) is 22.7 Å². The van der Waals surface area contributed by atoms with Crippen molar-refractivity contribution in [3.8, 4) is 16.9 Å². The van der Waals surface area contributed by atoms with Crippen molar-refractivity contribution in [1.29, 1.82) is 0 Å². The van der Waals surface area contributed by atoms with E-state index < -0.39 is 17.7 Å². The van der Waals surface area contributed by atoms with Crippen molar-refractivity contribution >= 4 is 23.7 Å². The maximum Gasteiger partial charge on any atom is 0.407 e. The fourth-order valence-electron chi connectivity index (χ4n) is 2.71. The summed E-state index contributed by atoms with van der Waals surface area (Å²) in [5.41, 5.74) is 2.05.